The number of aldehydes is 1. The van der Waals surface area contributed by atoms with Crippen LogP contribution in [0.3, 0.4) is 0 Å². The van der Waals surface area contributed by atoms with E-state index in [0.29, 0.717) is 22.8 Å². The Labute approximate surface area is 223 Å². The van der Waals surface area contributed by atoms with E-state index in [2.05, 4.69) is 9.72 Å². The lowest BCUT2D eigenvalue weighted by Crippen LogP contribution is -2.43. The molecular formula is C28H29F3N2O6. The van der Waals surface area contributed by atoms with Gasteiger partial charge in [0.1, 0.15) is 17.0 Å². The molecule has 0 aliphatic rings. The minimum Gasteiger partial charge on any atom is -0.443 e. The van der Waals surface area contributed by atoms with Crippen molar-refractivity contribution >= 4 is 29.4 Å². The minimum atomic E-state index is -4.84. The number of carbonyl (C=O) groups is 3. The Kier molecular flexibility index (Phi) is 8.23. The third-order valence-corrected chi connectivity index (χ3v) is 5.09. The Balaban J connectivity index is 2.15. The Hall–Kier alpha value is -4.15. The number of alkyl halides is 3. The lowest BCUT2D eigenvalue weighted by atomic mass is 9.94. The molecule has 3 rings (SSSR count). The molecule has 0 aliphatic carbocycles. The Morgan fingerprint density at radius 1 is 0.923 bits per heavy atom. The SMILES string of the molecule is CC(C)(C)OC(=O)N(Cc1cc(-c2ccc(OC(F)(F)F)cc2)c2cccnc2c1C=O)C(=O)OC(C)(C)C. The number of rotatable bonds is 5. The van der Waals surface area contributed by atoms with Gasteiger partial charge in [0.15, 0.2) is 6.29 Å². The highest BCUT2D eigenvalue weighted by Crippen LogP contribution is 2.34. The van der Waals surface area contributed by atoms with E-state index < -0.39 is 42.0 Å². The maximum atomic E-state index is 13.1. The average Bonchev–Trinajstić information content (AvgIpc) is 2.79. The number of halogens is 3. The number of carbonyl (C=O) groups excluding carboxylic acids is 3. The quantitative estimate of drug-likeness (QED) is 0.310. The smallest absolute Gasteiger partial charge is 0.443 e. The van der Waals surface area contributed by atoms with Crippen LogP contribution in [0.2, 0.25) is 0 Å². The number of nitrogens with zero attached hydrogens (tertiary/aromatic N) is 2. The van der Waals surface area contributed by atoms with Crippen LogP contribution in [0, 0.1) is 0 Å². The zero-order chi connectivity index (χ0) is 29.2. The summed E-state index contributed by atoms with van der Waals surface area (Å²) >= 11 is 0. The normalized spacial score (nSPS) is 12.1. The van der Waals surface area contributed by atoms with Crippen LogP contribution in [-0.2, 0) is 16.0 Å². The van der Waals surface area contributed by atoms with Crippen molar-refractivity contribution < 1.29 is 41.8 Å². The molecule has 3 aromatic rings. The first-order valence-corrected chi connectivity index (χ1v) is 11.9. The molecule has 0 bridgehead atoms. The summed E-state index contributed by atoms with van der Waals surface area (Å²) in [6.45, 7) is 9.43. The van der Waals surface area contributed by atoms with Crippen LogP contribution in [-0.4, -0.2) is 45.9 Å². The highest BCUT2D eigenvalue weighted by molar-refractivity contribution is 6.04. The standard InChI is InChI=1S/C28H29F3N2O6/c1-26(2,3)38-24(35)33(25(36)39-27(4,5)6)15-18-14-21(20-8-7-13-32-23(20)22(18)16-34)17-9-11-19(12-10-17)37-28(29,30)31/h7-14,16H,15H2,1-6H3. The van der Waals surface area contributed by atoms with Crippen molar-refractivity contribution in [3.05, 3.63) is 59.8 Å². The fourth-order valence-corrected chi connectivity index (χ4v) is 3.66. The molecule has 2 aromatic carbocycles. The minimum absolute atomic E-state index is 0.128. The van der Waals surface area contributed by atoms with Crippen molar-refractivity contribution in [3.63, 3.8) is 0 Å². The molecule has 208 valence electrons. The molecule has 11 heteroatoms. The van der Waals surface area contributed by atoms with Crippen LogP contribution in [0.1, 0.15) is 57.5 Å². The summed E-state index contributed by atoms with van der Waals surface area (Å²) in [6, 6.07) is 10.1. The molecule has 0 spiro atoms. The van der Waals surface area contributed by atoms with Crippen LogP contribution in [0.25, 0.3) is 22.0 Å². The summed E-state index contributed by atoms with van der Waals surface area (Å²) in [5, 5.41) is 0.536. The van der Waals surface area contributed by atoms with Crippen LogP contribution >= 0.6 is 0 Å². The summed E-state index contributed by atoms with van der Waals surface area (Å²) in [5.41, 5.74) is -0.207. The number of hydrogen-bond acceptors (Lipinski definition) is 7. The molecule has 39 heavy (non-hydrogen) atoms. The third-order valence-electron chi connectivity index (χ3n) is 5.09. The molecule has 0 aliphatic heterocycles. The van der Waals surface area contributed by atoms with E-state index >= 15 is 0 Å². The van der Waals surface area contributed by atoms with Gasteiger partial charge in [-0.15, -0.1) is 13.2 Å². The largest absolute Gasteiger partial charge is 0.573 e. The number of amides is 2. The van der Waals surface area contributed by atoms with Gasteiger partial charge >= 0.3 is 18.5 Å². The van der Waals surface area contributed by atoms with Crippen molar-refractivity contribution in [1.82, 2.24) is 9.88 Å². The second kappa shape index (κ2) is 10.9. The van der Waals surface area contributed by atoms with E-state index in [4.69, 9.17) is 9.47 Å². The fourth-order valence-electron chi connectivity index (χ4n) is 3.66. The highest BCUT2D eigenvalue weighted by Gasteiger charge is 2.33. The monoisotopic (exact) mass is 546 g/mol. The maximum absolute atomic E-state index is 13.1. The number of hydrogen-bond donors (Lipinski definition) is 0. The summed E-state index contributed by atoms with van der Waals surface area (Å²) in [6.07, 6.45) is -4.77. The van der Waals surface area contributed by atoms with Gasteiger partial charge in [-0.2, -0.15) is 0 Å². The van der Waals surface area contributed by atoms with Crippen molar-refractivity contribution in [2.24, 2.45) is 0 Å². The molecule has 8 nitrogen and oxygen atoms in total. The van der Waals surface area contributed by atoms with Gasteiger partial charge < -0.3 is 14.2 Å². The molecular weight excluding hydrogens is 517 g/mol. The first kappa shape index (κ1) is 29.4. The molecule has 0 saturated carbocycles. The van der Waals surface area contributed by atoms with Gasteiger partial charge in [0, 0.05) is 17.1 Å². The Morgan fingerprint density at radius 3 is 1.97 bits per heavy atom. The topological polar surface area (TPSA) is 95.0 Å². The number of fused-ring (bicyclic) bond motifs is 1. The number of pyridine rings is 1. The molecule has 0 saturated heterocycles. The summed E-state index contributed by atoms with van der Waals surface area (Å²) in [5.74, 6) is -0.403. The molecule has 0 fully saturated rings. The molecule has 0 radical (unpaired) electrons. The highest BCUT2D eigenvalue weighted by atomic mass is 19.4. The summed E-state index contributed by atoms with van der Waals surface area (Å²) < 4.78 is 52.7. The first-order chi connectivity index (χ1) is 18.0. The lowest BCUT2D eigenvalue weighted by molar-refractivity contribution is -0.274. The number of ether oxygens (including phenoxy) is 3. The van der Waals surface area contributed by atoms with E-state index in [9.17, 15) is 27.6 Å². The Morgan fingerprint density at radius 2 is 1.49 bits per heavy atom. The maximum Gasteiger partial charge on any atom is 0.573 e. The molecule has 1 aromatic heterocycles. The molecule has 2 amide bonds. The Bertz CT molecular complexity index is 1350. The van der Waals surface area contributed by atoms with Crippen LogP contribution in [0.4, 0.5) is 22.8 Å². The van der Waals surface area contributed by atoms with Crippen molar-refractivity contribution in [2.75, 3.05) is 0 Å². The molecule has 0 unspecified atom stereocenters. The van der Waals surface area contributed by atoms with Crippen molar-refractivity contribution in [1.29, 1.82) is 0 Å². The molecule has 0 N–H and O–H groups in total. The van der Waals surface area contributed by atoms with Crippen molar-refractivity contribution in [3.8, 4) is 16.9 Å². The zero-order valence-corrected chi connectivity index (χ0v) is 22.4. The predicted molar refractivity (Wildman–Crippen MR) is 137 cm³/mol. The van der Waals surface area contributed by atoms with Gasteiger partial charge in [-0.1, -0.05) is 18.2 Å². The third kappa shape index (κ3) is 7.92. The van der Waals surface area contributed by atoms with E-state index in [1.54, 1.807) is 59.7 Å². The fraction of sp³-hybridized carbons (Fsp3) is 0.357. The number of imide groups is 1. The van der Waals surface area contributed by atoms with Gasteiger partial charge in [-0.05, 0) is 82.5 Å². The molecule has 1 heterocycles. The zero-order valence-electron chi connectivity index (χ0n) is 22.4. The second-order valence-electron chi connectivity index (χ2n) is 10.6. The molecule has 0 atom stereocenters. The average molecular weight is 547 g/mol. The number of benzene rings is 2. The van der Waals surface area contributed by atoms with E-state index in [-0.39, 0.29) is 16.6 Å². The van der Waals surface area contributed by atoms with E-state index in [1.165, 1.54) is 18.3 Å². The van der Waals surface area contributed by atoms with E-state index in [0.717, 1.165) is 17.0 Å². The van der Waals surface area contributed by atoms with Crippen LogP contribution in [0.15, 0.2) is 48.7 Å². The van der Waals surface area contributed by atoms with Gasteiger partial charge in [0.25, 0.3) is 0 Å². The number of aromatic nitrogens is 1. The van der Waals surface area contributed by atoms with Gasteiger partial charge in [-0.3, -0.25) is 9.78 Å². The lowest BCUT2D eigenvalue weighted by Gasteiger charge is -2.29. The summed E-state index contributed by atoms with van der Waals surface area (Å²) in [7, 11) is 0. The first-order valence-electron chi connectivity index (χ1n) is 11.9. The second-order valence-corrected chi connectivity index (χ2v) is 10.6. The van der Waals surface area contributed by atoms with Crippen molar-refractivity contribution in [2.45, 2.75) is 65.7 Å². The van der Waals surface area contributed by atoms with Crippen LogP contribution in [0.5, 0.6) is 5.75 Å². The van der Waals surface area contributed by atoms with Crippen LogP contribution < -0.4 is 4.74 Å². The van der Waals surface area contributed by atoms with Gasteiger partial charge in [0.05, 0.1) is 12.1 Å². The van der Waals surface area contributed by atoms with E-state index in [1.807, 2.05) is 0 Å². The predicted octanol–water partition coefficient (Wildman–Crippen LogP) is 7.29. The van der Waals surface area contributed by atoms with Gasteiger partial charge in [-0.25, -0.2) is 14.5 Å². The van der Waals surface area contributed by atoms with Gasteiger partial charge in [0.2, 0.25) is 0 Å². The summed E-state index contributed by atoms with van der Waals surface area (Å²) in [4.78, 5) is 43.4.